The summed E-state index contributed by atoms with van der Waals surface area (Å²) in [6.45, 7) is 0.302. The summed E-state index contributed by atoms with van der Waals surface area (Å²) in [7, 11) is -1.23. The van der Waals surface area contributed by atoms with Crippen LogP contribution in [0, 0.1) is 11.3 Å². The van der Waals surface area contributed by atoms with E-state index < -0.39 is 15.9 Å². The van der Waals surface area contributed by atoms with Gasteiger partial charge in [-0.15, -0.1) is 0 Å². The van der Waals surface area contributed by atoms with Crippen LogP contribution in [0.25, 0.3) is 6.08 Å². The molecular weight excluding hydrogens is 502 g/mol. The number of sulfonamides is 1. The number of benzene rings is 3. The highest BCUT2D eigenvalue weighted by Gasteiger charge is 2.34. The maximum Gasteiger partial charge on any atom is 0.268 e. The summed E-state index contributed by atoms with van der Waals surface area (Å²) in [6.07, 6.45) is 3.28. The molecule has 0 aromatic heterocycles. The van der Waals surface area contributed by atoms with Gasteiger partial charge in [-0.3, -0.25) is 9.10 Å². The first-order valence-corrected chi connectivity index (χ1v) is 12.7. The third-order valence-corrected chi connectivity index (χ3v) is 7.72. The highest BCUT2D eigenvalue weighted by atomic mass is 35.5. The van der Waals surface area contributed by atoms with E-state index in [0.717, 1.165) is 5.56 Å². The number of ether oxygens (including phenoxy) is 2. The van der Waals surface area contributed by atoms with Gasteiger partial charge in [-0.25, -0.2) is 8.42 Å². The molecule has 0 fully saturated rings. The second-order valence-electron chi connectivity index (χ2n) is 7.83. The summed E-state index contributed by atoms with van der Waals surface area (Å²) in [5.74, 6) is -0.254. The lowest BCUT2D eigenvalue weighted by Gasteiger charge is -2.22. The summed E-state index contributed by atoms with van der Waals surface area (Å²) in [5.41, 5.74) is 2.49. The topological polar surface area (TPSA) is 109 Å². The van der Waals surface area contributed by atoms with E-state index in [-0.39, 0.29) is 27.6 Å². The summed E-state index contributed by atoms with van der Waals surface area (Å²) < 4.78 is 39.6. The summed E-state index contributed by atoms with van der Waals surface area (Å²) in [5, 5.41) is 12.2. The molecular formula is C26H22ClN3O5S. The van der Waals surface area contributed by atoms with Gasteiger partial charge >= 0.3 is 0 Å². The van der Waals surface area contributed by atoms with Gasteiger partial charge in [0.25, 0.3) is 10.0 Å². The number of carbonyl (C=O) groups is 1. The van der Waals surface area contributed by atoms with Crippen molar-refractivity contribution in [3.63, 3.8) is 0 Å². The number of halogens is 1. The van der Waals surface area contributed by atoms with Crippen molar-refractivity contribution in [3.8, 4) is 17.6 Å². The molecule has 1 N–H and O–H groups in total. The van der Waals surface area contributed by atoms with Crippen LogP contribution in [0.5, 0.6) is 11.5 Å². The number of amides is 1. The molecule has 0 spiro atoms. The molecule has 1 heterocycles. The Bertz CT molecular complexity index is 1510. The fraction of sp³-hybridized carbons (Fsp3) is 0.154. The molecule has 36 heavy (non-hydrogen) atoms. The van der Waals surface area contributed by atoms with Crippen LogP contribution >= 0.6 is 11.6 Å². The minimum absolute atomic E-state index is 0.0704. The van der Waals surface area contributed by atoms with Crippen molar-refractivity contribution in [3.05, 3.63) is 82.4 Å². The number of hydrogen-bond acceptors (Lipinski definition) is 6. The lowest BCUT2D eigenvalue weighted by molar-refractivity contribution is -0.111. The maximum absolute atomic E-state index is 13.7. The van der Waals surface area contributed by atoms with E-state index in [0.29, 0.717) is 29.2 Å². The van der Waals surface area contributed by atoms with E-state index in [1.165, 1.54) is 48.9 Å². The normalized spacial score (nSPS) is 12.8. The zero-order chi connectivity index (χ0) is 25.9. The van der Waals surface area contributed by atoms with Crippen molar-refractivity contribution in [1.29, 1.82) is 5.26 Å². The van der Waals surface area contributed by atoms with E-state index in [9.17, 15) is 18.5 Å². The quantitative estimate of drug-likeness (QED) is 0.452. The fourth-order valence-corrected chi connectivity index (χ4v) is 5.86. The van der Waals surface area contributed by atoms with Crippen molar-refractivity contribution in [2.45, 2.75) is 11.3 Å². The molecule has 8 nitrogen and oxygen atoms in total. The Kier molecular flexibility index (Phi) is 7.20. The predicted octanol–water partition coefficient (Wildman–Crippen LogP) is 4.63. The number of methoxy groups -OCH3 is 2. The molecule has 4 rings (SSSR count). The van der Waals surface area contributed by atoms with Crippen LogP contribution in [-0.2, 0) is 21.2 Å². The summed E-state index contributed by atoms with van der Waals surface area (Å²) in [6, 6.07) is 16.9. The Labute approximate surface area is 214 Å². The van der Waals surface area contributed by atoms with Gasteiger partial charge in [0.2, 0.25) is 5.91 Å². The van der Waals surface area contributed by atoms with Gasteiger partial charge in [-0.2, -0.15) is 5.26 Å². The van der Waals surface area contributed by atoms with E-state index >= 15 is 0 Å². The van der Waals surface area contributed by atoms with E-state index in [1.807, 2.05) is 18.2 Å². The van der Waals surface area contributed by atoms with Gasteiger partial charge in [-0.05, 0) is 60.0 Å². The number of carbonyl (C=O) groups excluding carboxylic acids is 1. The molecule has 0 radical (unpaired) electrons. The molecule has 3 aromatic rings. The van der Waals surface area contributed by atoms with E-state index in [4.69, 9.17) is 21.1 Å². The maximum atomic E-state index is 13.7. The third kappa shape index (κ3) is 4.87. The van der Waals surface area contributed by atoms with Gasteiger partial charge < -0.3 is 14.8 Å². The van der Waals surface area contributed by atoms with Crippen molar-refractivity contribution >= 4 is 45.0 Å². The van der Waals surface area contributed by atoms with Crippen LogP contribution in [-0.4, -0.2) is 35.1 Å². The van der Waals surface area contributed by atoms with Crippen molar-refractivity contribution in [2.24, 2.45) is 0 Å². The largest absolute Gasteiger partial charge is 0.493 e. The predicted molar refractivity (Wildman–Crippen MR) is 138 cm³/mol. The van der Waals surface area contributed by atoms with E-state index in [2.05, 4.69) is 5.32 Å². The molecule has 1 aliphatic heterocycles. The number of fused-ring (bicyclic) bond motifs is 1. The molecule has 0 bridgehead atoms. The minimum Gasteiger partial charge on any atom is -0.493 e. The van der Waals surface area contributed by atoms with Gasteiger partial charge in [0.1, 0.15) is 11.0 Å². The van der Waals surface area contributed by atoms with Crippen molar-refractivity contribution in [1.82, 2.24) is 0 Å². The zero-order valence-electron chi connectivity index (χ0n) is 19.5. The van der Waals surface area contributed by atoms with Gasteiger partial charge in [0.05, 0.1) is 31.2 Å². The van der Waals surface area contributed by atoms with Crippen LogP contribution < -0.4 is 19.1 Å². The number of anilines is 2. The first kappa shape index (κ1) is 25.1. The SMILES string of the molecule is COc1cc(/C=C/C(=O)Nc2cc(Cl)ccc2C#N)cc(S(=O)(=O)N2CCc3ccccc32)c1OC. The number of nitriles is 1. The Balaban J connectivity index is 1.69. The molecule has 10 heteroatoms. The Hall–Kier alpha value is -4.00. The molecule has 0 unspecified atom stereocenters. The summed E-state index contributed by atoms with van der Waals surface area (Å²) in [4.78, 5) is 12.5. The number of nitrogens with zero attached hydrogens (tertiary/aromatic N) is 2. The highest BCUT2D eigenvalue weighted by Crippen LogP contribution is 2.40. The lowest BCUT2D eigenvalue weighted by Crippen LogP contribution is -2.29. The third-order valence-electron chi connectivity index (χ3n) is 5.67. The first-order chi connectivity index (χ1) is 17.3. The smallest absolute Gasteiger partial charge is 0.268 e. The fourth-order valence-electron chi connectivity index (χ4n) is 3.98. The summed E-state index contributed by atoms with van der Waals surface area (Å²) >= 11 is 5.97. The van der Waals surface area contributed by atoms with Crippen molar-refractivity contribution < 1.29 is 22.7 Å². The van der Waals surface area contributed by atoms with Crippen molar-refractivity contribution in [2.75, 3.05) is 30.4 Å². The first-order valence-electron chi connectivity index (χ1n) is 10.8. The number of rotatable bonds is 7. The average molecular weight is 524 g/mol. The molecule has 0 saturated carbocycles. The van der Waals surface area contributed by atoms with Crippen LogP contribution in [0.3, 0.4) is 0 Å². The molecule has 0 atom stereocenters. The highest BCUT2D eigenvalue weighted by molar-refractivity contribution is 7.93. The molecule has 3 aromatic carbocycles. The van der Waals surface area contributed by atoms with E-state index in [1.54, 1.807) is 24.3 Å². The average Bonchev–Trinajstić information content (AvgIpc) is 3.32. The Morgan fingerprint density at radius 2 is 1.92 bits per heavy atom. The number of nitrogens with one attached hydrogen (secondary N) is 1. The monoisotopic (exact) mass is 523 g/mol. The molecule has 0 aliphatic carbocycles. The number of para-hydroxylation sites is 1. The molecule has 184 valence electrons. The minimum atomic E-state index is -4.01. The second-order valence-corrected chi connectivity index (χ2v) is 10.1. The Morgan fingerprint density at radius 3 is 2.64 bits per heavy atom. The molecule has 1 amide bonds. The van der Waals surface area contributed by atoms with Gasteiger partial charge in [0, 0.05) is 17.6 Å². The second kappa shape index (κ2) is 10.3. The standard InChI is InChI=1S/C26H22ClN3O5S/c1-34-23-13-17(7-10-25(31)29-21-15-20(27)9-8-19(21)16-28)14-24(26(23)35-2)36(32,33)30-12-11-18-5-3-4-6-22(18)30/h3-10,13-15H,11-12H2,1-2H3,(H,29,31)/b10-7+. The zero-order valence-corrected chi connectivity index (χ0v) is 21.1. The molecule has 1 aliphatic rings. The van der Waals surface area contributed by atoms with Gasteiger partial charge in [-0.1, -0.05) is 29.8 Å². The lowest BCUT2D eigenvalue weighted by atomic mass is 10.1. The van der Waals surface area contributed by atoms with Crippen LogP contribution in [0.15, 0.2) is 65.6 Å². The van der Waals surface area contributed by atoms with Crippen LogP contribution in [0.4, 0.5) is 11.4 Å². The van der Waals surface area contributed by atoms with Crippen LogP contribution in [0.2, 0.25) is 5.02 Å². The molecule has 0 saturated heterocycles. The van der Waals surface area contributed by atoms with Gasteiger partial charge in [0.15, 0.2) is 11.5 Å². The Morgan fingerprint density at radius 1 is 1.14 bits per heavy atom. The number of hydrogen-bond donors (Lipinski definition) is 1. The van der Waals surface area contributed by atoms with Crippen LogP contribution in [0.1, 0.15) is 16.7 Å².